The van der Waals surface area contributed by atoms with Gasteiger partial charge in [-0.3, -0.25) is 16.3 Å². The van der Waals surface area contributed by atoms with E-state index in [1.54, 1.807) is 11.3 Å². The van der Waals surface area contributed by atoms with E-state index in [9.17, 15) is 0 Å². The van der Waals surface area contributed by atoms with Gasteiger partial charge in [0.15, 0.2) is 0 Å². The minimum atomic E-state index is -1.34. The molecule has 0 saturated heterocycles. The number of benzene rings is 5. The molecule has 277 valence electrons. The van der Waals surface area contributed by atoms with E-state index in [-0.39, 0.29) is 25.5 Å². The van der Waals surface area contributed by atoms with Crippen LogP contribution >= 0.6 is 11.3 Å². The summed E-state index contributed by atoms with van der Waals surface area (Å²) in [6, 6.07) is 44.0. The summed E-state index contributed by atoms with van der Waals surface area (Å²) in [6.07, 6.45) is 4.28. The second-order valence-corrected chi connectivity index (χ2v) is 22.7. The smallest absolute Gasteiger partial charge is 0.0798 e. The van der Waals surface area contributed by atoms with Crippen LogP contribution in [0.1, 0.15) is 45.7 Å². The first kappa shape index (κ1) is 39.5. The maximum atomic E-state index is 5.10. The number of rotatable bonds is 7. The van der Waals surface area contributed by atoms with Crippen LogP contribution in [0.4, 0.5) is 0 Å². The molecule has 0 spiro atoms. The molecular formula is C48H49IrN3SSi-2. The van der Waals surface area contributed by atoms with E-state index in [0.29, 0.717) is 5.92 Å². The van der Waals surface area contributed by atoms with Gasteiger partial charge in [0.2, 0.25) is 0 Å². The summed E-state index contributed by atoms with van der Waals surface area (Å²) in [5.74, 6) is 1.62. The summed E-state index contributed by atoms with van der Waals surface area (Å²) in [5.41, 5.74) is 9.51. The Morgan fingerprint density at radius 2 is 1.56 bits per heavy atom. The topological polar surface area (TPSA) is 30.7 Å². The molecule has 0 amide bonds. The summed E-state index contributed by atoms with van der Waals surface area (Å²) in [5, 5.41) is 8.78. The number of thiophene rings is 1. The van der Waals surface area contributed by atoms with Crippen molar-refractivity contribution in [1.82, 2.24) is 14.5 Å². The molecule has 3 nitrogen and oxygen atoms in total. The average Bonchev–Trinajstić information content (AvgIpc) is 3.72. The van der Waals surface area contributed by atoms with Crippen LogP contribution in [0.25, 0.3) is 60.2 Å². The van der Waals surface area contributed by atoms with Gasteiger partial charge in [0.1, 0.15) is 0 Å². The molecule has 0 bridgehead atoms. The summed E-state index contributed by atoms with van der Waals surface area (Å²) in [4.78, 5) is 9.79. The van der Waals surface area contributed by atoms with Gasteiger partial charge in [-0.1, -0.05) is 142 Å². The molecule has 0 aliphatic rings. The number of imidazole rings is 1. The van der Waals surface area contributed by atoms with E-state index in [4.69, 9.17) is 4.98 Å². The number of hydrogen-bond donors (Lipinski definition) is 0. The molecular weight excluding hydrogens is 871 g/mol. The first-order valence-corrected chi connectivity index (χ1v) is 23.0. The SMILES string of the molecule is CC(C)(C)Cc1ccc2s[c-]c(-c3nc4ccccc4n3-c3ccc4ccccc4c3)c2c1.CC(C)Cc1cc(-c2[c-]cccc2)ncc1[Si](C)(C)C.[Ir]. The number of fused-ring (bicyclic) bond motifs is 3. The molecule has 0 fully saturated rings. The minimum absolute atomic E-state index is 0. The fourth-order valence-electron chi connectivity index (χ4n) is 7.16. The van der Waals surface area contributed by atoms with E-state index < -0.39 is 8.07 Å². The fourth-order valence-corrected chi connectivity index (χ4v) is 9.57. The molecule has 0 unspecified atom stereocenters. The second-order valence-electron chi connectivity index (χ2n) is 16.8. The Hall–Kier alpha value is -4.19. The maximum Gasteiger partial charge on any atom is 0.0798 e. The fraction of sp³-hybridized carbons (Fsp3) is 0.250. The van der Waals surface area contributed by atoms with Crippen molar-refractivity contribution in [1.29, 1.82) is 0 Å². The van der Waals surface area contributed by atoms with Crippen molar-refractivity contribution in [2.75, 3.05) is 0 Å². The van der Waals surface area contributed by atoms with Gasteiger partial charge in [0.05, 0.1) is 24.9 Å². The van der Waals surface area contributed by atoms with Crippen LogP contribution in [0.5, 0.6) is 0 Å². The van der Waals surface area contributed by atoms with Crippen LogP contribution in [0.2, 0.25) is 19.6 Å². The van der Waals surface area contributed by atoms with Crippen LogP contribution in [0.15, 0.2) is 121 Å². The van der Waals surface area contributed by atoms with Crippen molar-refractivity contribution in [3.05, 3.63) is 144 Å². The van der Waals surface area contributed by atoms with Gasteiger partial charge in [-0.2, -0.15) is 0 Å². The Balaban J connectivity index is 0.000000205. The van der Waals surface area contributed by atoms with E-state index in [1.165, 1.54) is 37.2 Å². The van der Waals surface area contributed by atoms with E-state index in [0.717, 1.165) is 52.2 Å². The number of para-hydroxylation sites is 2. The van der Waals surface area contributed by atoms with Crippen molar-refractivity contribution >= 4 is 56.5 Å². The van der Waals surface area contributed by atoms with Crippen molar-refractivity contribution in [2.45, 2.75) is 67.1 Å². The third-order valence-electron chi connectivity index (χ3n) is 9.50. The molecule has 0 atom stereocenters. The molecule has 8 aromatic rings. The quantitative estimate of drug-likeness (QED) is 0.118. The molecule has 1 radical (unpaired) electrons. The van der Waals surface area contributed by atoms with E-state index in [2.05, 4.69) is 179 Å². The molecule has 0 N–H and O–H groups in total. The van der Waals surface area contributed by atoms with E-state index >= 15 is 0 Å². The second kappa shape index (κ2) is 16.3. The van der Waals surface area contributed by atoms with Gasteiger partial charge in [0.25, 0.3) is 0 Å². The molecule has 0 aliphatic carbocycles. The Morgan fingerprint density at radius 3 is 2.28 bits per heavy atom. The Morgan fingerprint density at radius 1 is 0.815 bits per heavy atom. The van der Waals surface area contributed by atoms with E-state index in [1.807, 2.05) is 18.2 Å². The third kappa shape index (κ3) is 8.85. The predicted octanol–water partition coefficient (Wildman–Crippen LogP) is 12.7. The largest absolute Gasteiger partial charge is 0.333 e. The molecule has 54 heavy (non-hydrogen) atoms. The predicted molar refractivity (Wildman–Crippen MR) is 231 cm³/mol. The monoisotopic (exact) mass is 920 g/mol. The Labute approximate surface area is 339 Å². The summed E-state index contributed by atoms with van der Waals surface area (Å²) < 4.78 is 3.54. The zero-order valence-electron chi connectivity index (χ0n) is 32.6. The van der Waals surface area contributed by atoms with Crippen LogP contribution < -0.4 is 5.19 Å². The van der Waals surface area contributed by atoms with Crippen molar-refractivity contribution in [3.8, 4) is 28.3 Å². The Kier molecular flexibility index (Phi) is 11.9. The zero-order valence-corrected chi connectivity index (χ0v) is 36.8. The molecule has 3 heterocycles. The number of nitrogens with zero attached hydrogens (tertiary/aromatic N) is 3. The molecule has 6 heteroatoms. The van der Waals surface area contributed by atoms with Crippen molar-refractivity contribution in [3.63, 3.8) is 0 Å². The average molecular weight is 920 g/mol. The number of aromatic nitrogens is 3. The zero-order chi connectivity index (χ0) is 37.3. The van der Waals surface area contributed by atoms with Gasteiger partial charge < -0.3 is 9.55 Å². The van der Waals surface area contributed by atoms with Crippen molar-refractivity contribution < 1.29 is 20.1 Å². The number of hydrogen-bond acceptors (Lipinski definition) is 3. The number of pyridine rings is 1. The first-order valence-electron chi connectivity index (χ1n) is 18.7. The van der Waals surface area contributed by atoms with Crippen LogP contribution in [0, 0.1) is 22.8 Å². The van der Waals surface area contributed by atoms with Gasteiger partial charge in [-0.15, -0.1) is 47.3 Å². The molecule has 8 rings (SSSR count). The first-order chi connectivity index (χ1) is 25.3. The molecule has 3 aromatic heterocycles. The van der Waals surface area contributed by atoms with Gasteiger partial charge in [0, 0.05) is 32.0 Å². The molecule has 0 aliphatic heterocycles. The van der Waals surface area contributed by atoms with Crippen LogP contribution in [-0.4, -0.2) is 22.6 Å². The normalized spacial score (nSPS) is 11.9. The molecule has 0 saturated carbocycles. The Bertz CT molecular complexity index is 2520. The molecule has 5 aromatic carbocycles. The van der Waals surface area contributed by atoms with Gasteiger partial charge in [-0.05, 0) is 70.1 Å². The maximum absolute atomic E-state index is 5.10. The summed E-state index contributed by atoms with van der Waals surface area (Å²) in [6.45, 7) is 18.6. The van der Waals surface area contributed by atoms with Gasteiger partial charge in [-0.25, -0.2) is 0 Å². The van der Waals surface area contributed by atoms with Crippen LogP contribution in [0.3, 0.4) is 0 Å². The summed E-state index contributed by atoms with van der Waals surface area (Å²) >= 11 is 1.67. The van der Waals surface area contributed by atoms with Gasteiger partial charge >= 0.3 is 0 Å². The third-order valence-corrected chi connectivity index (χ3v) is 12.4. The van der Waals surface area contributed by atoms with Crippen LogP contribution in [-0.2, 0) is 32.9 Å². The minimum Gasteiger partial charge on any atom is -0.333 e. The van der Waals surface area contributed by atoms with Crippen molar-refractivity contribution in [2.24, 2.45) is 11.3 Å². The summed E-state index contributed by atoms with van der Waals surface area (Å²) in [7, 11) is -1.34. The standard InChI is InChI=1S/C30H25N2S.C18H24NSi.Ir/c1-30(2,3)18-20-12-15-28-24(16-20)25(19-33-28)29-31-26-10-6-7-11-27(26)32(29)23-14-13-21-8-4-5-9-22(21)17-23;1-14(2)11-16-12-17(15-9-7-6-8-10-15)19-13-18(16)20(3,4)5;/h4-17H,18H2,1-3H3;6-9,12-14H,11H2,1-5H3;/q2*-1;.